The van der Waals surface area contributed by atoms with E-state index in [1.54, 1.807) is 0 Å². The van der Waals surface area contributed by atoms with Gasteiger partial charge in [0.05, 0.1) is 7.11 Å². The second-order valence-corrected chi connectivity index (χ2v) is 7.35. The maximum Gasteiger partial charge on any atom is 0.505 e. The molecule has 1 fully saturated rings. The van der Waals surface area contributed by atoms with Crippen molar-refractivity contribution in [2.24, 2.45) is 5.92 Å². The smallest absolute Gasteiger partial charge is 0.481 e. The molecule has 29 heavy (non-hydrogen) atoms. The van der Waals surface area contributed by atoms with Crippen LogP contribution < -0.4 is 0 Å². The highest BCUT2D eigenvalue weighted by Crippen LogP contribution is 2.23. The number of hydrogen-bond acceptors (Lipinski definition) is 4. The van der Waals surface area contributed by atoms with Gasteiger partial charge in [0.15, 0.2) is 0 Å². The Hall–Kier alpha value is -1.85. The van der Waals surface area contributed by atoms with Gasteiger partial charge < -0.3 is 14.9 Å². The molecule has 0 radical (unpaired) electrons. The van der Waals surface area contributed by atoms with E-state index in [2.05, 4.69) is 30.7 Å². The lowest BCUT2D eigenvalue weighted by Gasteiger charge is -1.99. The zero-order chi connectivity index (χ0) is 22.3. The minimum atomic E-state index is -1.25. The van der Waals surface area contributed by atoms with Crippen molar-refractivity contribution < 1.29 is 29.3 Å². The van der Waals surface area contributed by atoms with Crippen LogP contribution in [0, 0.1) is 5.92 Å². The second-order valence-electron chi connectivity index (χ2n) is 7.35. The first-order chi connectivity index (χ1) is 13.9. The molecule has 170 valence electrons. The van der Waals surface area contributed by atoms with Gasteiger partial charge in [-0.1, -0.05) is 70.9 Å². The van der Waals surface area contributed by atoms with Gasteiger partial charge in [0, 0.05) is 19.3 Å². The van der Waals surface area contributed by atoms with E-state index in [1.165, 1.54) is 51.4 Å². The van der Waals surface area contributed by atoms with Crippen molar-refractivity contribution in [3.63, 3.8) is 0 Å². The molecule has 0 aromatic rings. The molecule has 2 N–H and O–H groups in total. The Balaban J connectivity index is 0. The van der Waals surface area contributed by atoms with Gasteiger partial charge in [0.25, 0.3) is 0 Å². The molecular formula is C23H42O6. The van der Waals surface area contributed by atoms with E-state index in [0.29, 0.717) is 18.1 Å². The van der Waals surface area contributed by atoms with Crippen molar-refractivity contribution >= 4 is 17.9 Å². The fraction of sp³-hybridized carbons (Fsp3) is 0.783. The average molecular weight is 415 g/mol. The topological polar surface area (TPSA) is 101 Å². The van der Waals surface area contributed by atoms with Gasteiger partial charge in [-0.2, -0.15) is 0 Å². The fourth-order valence-corrected chi connectivity index (χ4v) is 2.86. The predicted molar refractivity (Wildman–Crippen MR) is 116 cm³/mol. The molecule has 0 aliphatic heterocycles. The number of aliphatic carboxylic acids is 1. The van der Waals surface area contributed by atoms with Crippen molar-refractivity contribution in [3.8, 4) is 0 Å². The second kappa shape index (κ2) is 22.4. The Bertz CT molecular complexity index is 445. The van der Waals surface area contributed by atoms with Crippen LogP contribution >= 0.6 is 0 Å². The predicted octanol–water partition coefficient (Wildman–Crippen LogP) is 6.62. The van der Waals surface area contributed by atoms with E-state index < -0.39 is 12.1 Å². The molecule has 0 spiro atoms. The molecule has 0 heterocycles. The third kappa shape index (κ3) is 26.1. The van der Waals surface area contributed by atoms with E-state index in [4.69, 9.17) is 15.0 Å². The monoisotopic (exact) mass is 414 g/mol. The summed E-state index contributed by atoms with van der Waals surface area (Å²) >= 11 is 0. The summed E-state index contributed by atoms with van der Waals surface area (Å²) < 4.78 is 3.67. The maximum absolute atomic E-state index is 11.0. The van der Waals surface area contributed by atoms with Gasteiger partial charge in [-0.05, 0) is 31.6 Å². The minimum absolute atomic E-state index is 0.337. The summed E-state index contributed by atoms with van der Waals surface area (Å²) in [5.41, 5.74) is 0. The number of ether oxygens (including phenoxy) is 1. The number of carboxylic acids is 1. The number of hydrogen-bond donors (Lipinski definition) is 2. The highest BCUT2D eigenvalue weighted by atomic mass is 16.6. The molecule has 1 saturated carbocycles. The van der Waals surface area contributed by atoms with Crippen LogP contribution in [-0.4, -0.2) is 35.2 Å². The Kier molecular flexibility index (Phi) is 22.7. The molecule has 1 aliphatic carbocycles. The van der Waals surface area contributed by atoms with Crippen molar-refractivity contribution in [1.29, 1.82) is 0 Å². The quantitative estimate of drug-likeness (QED) is 0.211. The molecule has 0 saturated heterocycles. The lowest BCUT2D eigenvalue weighted by atomic mass is 10.1. The van der Waals surface area contributed by atoms with Crippen molar-refractivity contribution in [2.75, 3.05) is 7.11 Å². The third-order valence-electron chi connectivity index (χ3n) is 4.59. The van der Waals surface area contributed by atoms with E-state index in [9.17, 15) is 9.59 Å². The van der Waals surface area contributed by atoms with E-state index >= 15 is 0 Å². The highest BCUT2D eigenvalue weighted by Gasteiger charge is 2.18. The lowest BCUT2D eigenvalue weighted by molar-refractivity contribution is -0.137. The van der Waals surface area contributed by atoms with E-state index in [0.717, 1.165) is 39.2 Å². The van der Waals surface area contributed by atoms with Gasteiger partial charge in [-0.3, -0.25) is 9.59 Å². The first-order valence-corrected chi connectivity index (χ1v) is 11.0. The van der Waals surface area contributed by atoms with Crippen LogP contribution in [0.2, 0.25) is 0 Å². The Morgan fingerprint density at radius 3 is 2.00 bits per heavy atom. The average Bonchev–Trinajstić information content (AvgIpc) is 3.10. The lowest BCUT2D eigenvalue weighted by Crippen LogP contribution is -1.93. The molecule has 0 aromatic heterocycles. The van der Waals surface area contributed by atoms with Crippen molar-refractivity contribution in [2.45, 2.75) is 104 Å². The fourth-order valence-electron chi connectivity index (χ4n) is 2.86. The number of allylic oxidation sites excluding steroid dienone is 2. The number of carbonyl (C=O) groups excluding carboxylic acids is 1. The molecule has 0 aromatic carbocycles. The van der Waals surface area contributed by atoms with Gasteiger partial charge in [-0.15, -0.1) is 0 Å². The maximum atomic E-state index is 11.0. The van der Waals surface area contributed by atoms with Crippen LogP contribution in [0.25, 0.3) is 0 Å². The Morgan fingerprint density at radius 2 is 1.55 bits per heavy atom. The van der Waals surface area contributed by atoms with Gasteiger partial charge in [0.1, 0.15) is 5.78 Å². The van der Waals surface area contributed by atoms with E-state index in [-0.39, 0.29) is 0 Å². The molecule has 0 bridgehead atoms. The van der Waals surface area contributed by atoms with Crippen LogP contribution in [0.3, 0.4) is 0 Å². The van der Waals surface area contributed by atoms with Gasteiger partial charge in [0.2, 0.25) is 0 Å². The van der Waals surface area contributed by atoms with Gasteiger partial charge in [-0.25, -0.2) is 4.79 Å². The number of carbonyl (C=O) groups is 3. The van der Waals surface area contributed by atoms with Crippen molar-refractivity contribution in [1.82, 2.24) is 0 Å². The number of unbranched alkanes of at least 4 members (excludes halogenated alkanes) is 8. The summed E-state index contributed by atoms with van der Waals surface area (Å²) in [6.45, 7) is 4.39. The van der Waals surface area contributed by atoms with Crippen LogP contribution in [0.1, 0.15) is 104 Å². The summed E-state index contributed by atoms with van der Waals surface area (Å²) in [6, 6.07) is 0. The Morgan fingerprint density at radius 1 is 1.00 bits per heavy atom. The number of ketones is 1. The minimum Gasteiger partial charge on any atom is -0.481 e. The summed E-state index contributed by atoms with van der Waals surface area (Å²) in [6.07, 6.45) is 18.4. The number of methoxy groups -OCH3 is 1. The normalized spacial score (nSPS) is 15.3. The SMILES string of the molecule is CCCCCC/C=C/C1CCC(=O)C1.CCCCCCCC(=O)O.COC(=O)O. The summed E-state index contributed by atoms with van der Waals surface area (Å²) in [5, 5.41) is 15.8. The molecular weight excluding hydrogens is 372 g/mol. The standard InChI is InChI=1S/C13H22O.C8H16O2.C2H4O3/c1-2-3-4-5-6-7-8-12-9-10-13(14)11-12;1-2-3-4-5-6-7-8(9)10;1-5-2(3)4/h7-8,12H,2-6,9-11H2,1H3;2-7H2,1H3,(H,9,10);1H3,(H,3,4)/b8-7+;;. The molecule has 1 unspecified atom stereocenters. The van der Waals surface area contributed by atoms with Crippen LogP contribution in [0.5, 0.6) is 0 Å². The van der Waals surface area contributed by atoms with Crippen molar-refractivity contribution in [3.05, 3.63) is 12.2 Å². The summed E-state index contributed by atoms with van der Waals surface area (Å²) in [4.78, 5) is 30.2. The Labute approximate surface area is 176 Å². The summed E-state index contributed by atoms with van der Waals surface area (Å²) in [7, 11) is 1.10. The molecule has 1 atom stereocenters. The summed E-state index contributed by atoms with van der Waals surface area (Å²) in [5.74, 6) is 0.343. The number of Topliss-reactive ketones (excluding diaryl/α,β-unsaturated/α-hetero) is 1. The van der Waals surface area contributed by atoms with Crippen LogP contribution in [-0.2, 0) is 14.3 Å². The first kappa shape index (κ1) is 29.4. The number of rotatable bonds is 12. The molecule has 6 nitrogen and oxygen atoms in total. The largest absolute Gasteiger partial charge is 0.505 e. The number of carboxylic acid groups (broad SMARTS) is 2. The van der Waals surface area contributed by atoms with Gasteiger partial charge >= 0.3 is 12.1 Å². The first-order valence-electron chi connectivity index (χ1n) is 11.0. The molecule has 0 amide bonds. The zero-order valence-electron chi connectivity index (χ0n) is 18.7. The van der Waals surface area contributed by atoms with Crippen LogP contribution in [0.15, 0.2) is 12.2 Å². The third-order valence-corrected chi connectivity index (χ3v) is 4.59. The molecule has 6 heteroatoms. The highest BCUT2D eigenvalue weighted by molar-refractivity contribution is 5.80. The zero-order valence-corrected chi connectivity index (χ0v) is 18.7. The van der Waals surface area contributed by atoms with Crippen LogP contribution in [0.4, 0.5) is 4.79 Å². The molecule has 1 rings (SSSR count). The van der Waals surface area contributed by atoms with E-state index in [1.807, 2.05) is 0 Å². The molecule has 1 aliphatic rings.